The summed E-state index contributed by atoms with van der Waals surface area (Å²) in [6.07, 6.45) is 0. The van der Waals surface area contributed by atoms with Gasteiger partial charge in [-0.05, 0) is 0 Å². The fourth-order valence-electron chi connectivity index (χ4n) is 0.221. The van der Waals surface area contributed by atoms with Crippen LogP contribution in [0.2, 0.25) is 0 Å². The zero-order chi connectivity index (χ0) is 6.57. The Morgan fingerprint density at radius 2 is 1.88 bits per heavy atom. The number of hydrogen-bond donors (Lipinski definition) is 2. The Balaban J connectivity index is 3.83. The van der Waals surface area contributed by atoms with Gasteiger partial charge in [0.15, 0.2) is 0 Å². The lowest BCUT2D eigenvalue weighted by Gasteiger charge is -1.96. The van der Waals surface area contributed by atoms with E-state index in [1.54, 1.807) is 7.85 Å². The lowest BCUT2D eigenvalue weighted by molar-refractivity contribution is 0.324. The number of aliphatic hydroxyl groups is 2. The maximum Gasteiger partial charge on any atom is 0.138 e. The summed E-state index contributed by atoms with van der Waals surface area (Å²) in [6.45, 7) is -0.0342. The smallest absolute Gasteiger partial charge is 0.138 e. The fourth-order valence-corrected chi connectivity index (χ4v) is 0.346. The van der Waals surface area contributed by atoms with E-state index in [4.69, 9.17) is 10.2 Å². The van der Waals surface area contributed by atoms with Crippen LogP contribution in [0, 0.1) is 0 Å². The lowest BCUT2D eigenvalue weighted by atomic mass is 9.97. The molecule has 2 nitrogen and oxygen atoms in total. The van der Waals surface area contributed by atoms with Crippen molar-refractivity contribution in [1.82, 2.24) is 0 Å². The zero-order valence-electron chi connectivity index (χ0n) is 4.69. The molecular formula is C4H8BBrO2. The van der Waals surface area contributed by atoms with E-state index in [9.17, 15) is 0 Å². The van der Waals surface area contributed by atoms with E-state index in [0.29, 0.717) is 4.48 Å². The first kappa shape index (κ1) is 8.20. The first-order valence-electron chi connectivity index (χ1n) is 2.28. The van der Waals surface area contributed by atoms with E-state index in [0.717, 1.165) is 5.47 Å². The molecule has 0 atom stereocenters. The van der Waals surface area contributed by atoms with Gasteiger partial charge in [0.1, 0.15) is 7.85 Å². The van der Waals surface area contributed by atoms with Crippen LogP contribution < -0.4 is 0 Å². The largest absolute Gasteiger partial charge is 0.393 e. The van der Waals surface area contributed by atoms with Crippen LogP contribution in [0.25, 0.3) is 0 Å². The summed E-state index contributed by atoms with van der Waals surface area (Å²) in [5.74, 6) is 0. The molecule has 0 aliphatic carbocycles. The Morgan fingerprint density at radius 3 is 2.00 bits per heavy atom. The predicted molar refractivity (Wildman–Crippen MR) is 38.7 cm³/mol. The summed E-state index contributed by atoms with van der Waals surface area (Å²) in [4.78, 5) is 0. The van der Waals surface area contributed by atoms with Gasteiger partial charge in [0.05, 0.1) is 13.2 Å². The molecule has 0 amide bonds. The van der Waals surface area contributed by atoms with E-state index in [2.05, 4.69) is 15.9 Å². The van der Waals surface area contributed by atoms with Crippen molar-refractivity contribution in [3.63, 3.8) is 0 Å². The molecule has 8 heavy (non-hydrogen) atoms. The van der Waals surface area contributed by atoms with Crippen molar-refractivity contribution >= 4 is 23.8 Å². The molecule has 2 N–H and O–H groups in total. The Bertz CT molecular complexity index is 90.2. The van der Waals surface area contributed by atoms with E-state index >= 15 is 0 Å². The molecule has 0 spiro atoms. The quantitative estimate of drug-likeness (QED) is 0.545. The Labute approximate surface area is 57.8 Å². The normalized spacial score (nSPS) is 13.4. The number of rotatable bonds is 2. The number of halogens is 1. The van der Waals surface area contributed by atoms with Crippen LogP contribution >= 0.6 is 15.9 Å². The topological polar surface area (TPSA) is 40.5 Å². The number of aliphatic hydroxyl groups excluding tert-OH is 2. The van der Waals surface area contributed by atoms with Crippen LogP contribution in [0.4, 0.5) is 0 Å². The van der Waals surface area contributed by atoms with Gasteiger partial charge in [0.25, 0.3) is 0 Å². The molecule has 0 rings (SSSR count). The van der Waals surface area contributed by atoms with Crippen LogP contribution in [-0.2, 0) is 0 Å². The van der Waals surface area contributed by atoms with Gasteiger partial charge in [-0.3, -0.25) is 0 Å². The predicted octanol–water partition coefficient (Wildman–Crippen LogP) is -0.789. The van der Waals surface area contributed by atoms with Crippen molar-refractivity contribution in [3.8, 4) is 0 Å². The van der Waals surface area contributed by atoms with Gasteiger partial charge in [0, 0.05) is 4.48 Å². The minimum atomic E-state index is -0.0353. The van der Waals surface area contributed by atoms with Crippen molar-refractivity contribution in [3.05, 3.63) is 9.95 Å². The highest BCUT2D eigenvalue weighted by Crippen LogP contribution is 2.06. The van der Waals surface area contributed by atoms with Crippen LogP contribution in [-0.4, -0.2) is 31.3 Å². The number of hydrogen-bond acceptors (Lipinski definition) is 2. The van der Waals surface area contributed by atoms with Gasteiger partial charge in [-0.1, -0.05) is 21.4 Å². The second-order valence-corrected chi connectivity index (χ2v) is 2.46. The lowest BCUT2D eigenvalue weighted by Crippen LogP contribution is -1.94. The molecule has 0 radical (unpaired) electrons. The third-order valence-corrected chi connectivity index (χ3v) is 1.77. The molecule has 0 aliphatic rings. The van der Waals surface area contributed by atoms with Gasteiger partial charge in [-0.2, -0.15) is 0 Å². The van der Waals surface area contributed by atoms with Crippen LogP contribution in [0.15, 0.2) is 9.95 Å². The van der Waals surface area contributed by atoms with Gasteiger partial charge in [-0.15, -0.1) is 0 Å². The molecule has 0 fully saturated rings. The van der Waals surface area contributed by atoms with E-state index in [1.165, 1.54) is 0 Å². The van der Waals surface area contributed by atoms with Crippen molar-refractivity contribution in [1.29, 1.82) is 0 Å². The van der Waals surface area contributed by atoms with Crippen molar-refractivity contribution in [2.24, 2.45) is 0 Å². The van der Waals surface area contributed by atoms with Crippen LogP contribution in [0.5, 0.6) is 0 Å². The maximum atomic E-state index is 8.44. The summed E-state index contributed by atoms with van der Waals surface area (Å²) >= 11 is 3.07. The molecule has 46 valence electrons. The molecule has 0 unspecified atom stereocenters. The third kappa shape index (κ3) is 2.50. The first-order valence-corrected chi connectivity index (χ1v) is 3.07. The Kier molecular flexibility index (Phi) is 4.23. The van der Waals surface area contributed by atoms with Crippen molar-refractivity contribution < 1.29 is 10.2 Å². The molecular weight excluding hydrogens is 171 g/mol. The van der Waals surface area contributed by atoms with Gasteiger partial charge >= 0.3 is 0 Å². The highest BCUT2D eigenvalue weighted by atomic mass is 79.9. The Hall–Kier alpha value is 0.205. The first-order chi connectivity index (χ1) is 3.72. The molecule has 0 aromatic rings. The fraction of sp³-hybridized carbons (Fsp3) is 0.500. The molecule has 4 heteroatoms. The summed E-state index contributed by atoms with van der Waals surface area (Å²) in [7, 11) is 1.75. The second kappa shape index (κ2) is 4.12. The van der Waals surface area contributed by atoms with E-state index in [1.807, 2.05) is 0 Å². The maximum absolute atomic E-state index is 8.44. The third-order valence-electron chi connectivity index (χ3n) is 0.839. The molecule has 0 bridgehead atoms. The summed E-state index contributed by atoms with van der Waals surface area (Å²) < 4.78 is 0.667. The van der Waals surface area contributed by atoms with Crippen molar-refractivity contribution in [2.45, 2.75) is 0 Å². The van der Waals surface area contributed by atoms with E-state index in [-0.39, 0.29) is 13.2 Å². The molecule has 0 saturated carbocycles. The zero-order valence-corrected chi connectivity index (χ0v) is 6.27. The minimum absolute atomic E-state index is 0.00113. The molecule has 0 heterocycles. The molecule has 0 aliphatic heterocycles. The second-order valence-electron chi connectivity index (χ2n) is 1.50. The summed E-state index contributed by atoms with van der Waals surface area (Å²) in [5, 5.41) is 16.9. The average Bonchev–Trinajstić information content (AvgIpc) is 1.84. The average molecular weight is 179 g/mol. The summed E-state index contributed by atoms with van der Waals surface area (Å²) in [5.41, 5.74) is 0.771. The van der Waals surface area contributed by atoms with Crippen LogP contribution in [0.1, 0.15) is 0 Å². The van der Waals surface area contributed by atoms with Crippen LogP contribution in [0.3, 0.4) is 0 Å². The van der Waals surface area contributed by atoms with Crippen molar-refractivity contribution in [2.75, 3.05) is 13.2 Å². The minimum Gasteiger partial charge on any atom is -0.393 e. The molecule has 0 aromatic heterocycles. The summed E-state index contributed by atoms with van der Waals surface area (Å²) in [6, 6.07) is 0. The van der Waals surface area contributed by atoms with Gasteiger partial charge in [0.2, 0.25) is 0 Å². The van der Waals surface area contributed by atoms with Gasteiger partial charge < -0.3 is 10.2 Å². The van der Waals surface area contributed by atoms with Gasteiger partial charge in [-0.25, -0.2) is 0 Å². The SMILES string of the molecule is B/C(CO)=C(/Br)CO. The Morgan fingerprint density at radius 1 is 1.38 bits per heavy atom. The highest BCUT2D eigenvalue weighted by Gasteiger charge is 1.92. The molecule has 0 saturated heterocycles. The monoisotopic (exact) mass is 178 g/mol. The highest BCUT2D eigenvalue weighted by molar-refractivity contribution is 9.11. The van der Waals surface area contributed by atoms with E-state index < -0.39 is 0 Å². The molecule has 0 aromatic carbocycles. The standard InChI is InChI=1S/C4H8BBrO2/c5-3(1-7)4(6)2-8/h7-8H,1-2,5H2/b4-3+.